The molecule has 2 heteroatoms. The number of ketones is 1. The average molecular weight is 242 g/mol. The van der Waals surface area contributed by atoms with Gasteiger partial charge in [-0.3, -0.25) is 4.79 Å². The molecule has 1 fully saturated rings. The highest BCUT2D eigenvalue weighted by molar-refractivity contribution is 6.06. The van der Waals surface area contributed by atoms with Gasteiger partial charge in [0.2, 0.25) is 0 Å². The minimum Gasteiger partial charge on any atom is -0.370 e. The summed E-state index contributed by atoms with van der Waals surface area (Å²) in [4.78, 5) is 11.9. The number of hydrogen-bond donors (Lipinski definition) is 0. The smallest absolute Gasteiger partial charge is 0.183 e. The average Bonchev–Trinajstić information content (AvgIpc) is 2.83. The van der Waals surface area contributed by atoms with Gasteiger partial charge in [0, 0.05) is 5.57 Å². The number of allylic oxidation sites excluding steroid dienone is 1. The molecule has 1 aromatic carbocycles. The molecule has 94 valence electrons. The lowest BCUT2D eigenvalue weighted by Gasteiger charge is -2.11. The summed E-state index contributed by atoms with van der Waals surface area (Å²) in [5.74, 6) is -0.0436. The lowest BCUT2D eigenvalue weighted by molar-refractivity contribution is -0.112. The molecule has 0 radical (unpaired) electrons. The number of carbonyl (C=O) groups excluding carboxylic acids is 1. The molecule has 0 spiro atoms. The van der Waals surface area contributed by atoms with E-state index in [1.165, 1.54) is 0 Å². The number of hydrogen-bond acceptors (Lipinski definition) is 2. The Balaban J connectivity index is 1.96. The topological polar surface area (TPSA) is 26.3 Å². The van der Waals surface area contributed by atoms with Crippen LogP contribution in [0, 0.1) is 0 Å². The maximum absolute atomic E-state index is 11.9. The van der Waals surface area contributed by atoms with Gasteiger partial charge in [0.1, 0.15) is 0 Å². The van der Waals surface area contributed by atoms with E-state index in [1.807, 2.05) is 43.3 Å². The zero-order chi connectivity index (χ0) is 13.0. The summed E-state index contributed by atoms with van der Waals surface area (Å²) in [5, 5.41) is 0. The molecule has 0 aliphatic carbocycles. The molecular formula is C16H18O2. The molecule has 0 saturated carbocycles. The van der Waals surface area contributed by atoms with Gasteiger partial charge < -0.3 is 4.74 Å². The Bertz CT molecular complexity index is 459. The second-order valence-corrected chi connectivity index (χ2v) is 4.65. The van der Waals surface area contributed by atoms with Crippen molar-refractivity contribution in [3.05, 3.63) is 54.1 Å². The summed E-state index contributed by atoms with van der Waals surface area (Å²) >= 11 is 0. The molecule has 2 atom stereocenters. The van der Waals surface area contributed by atoms with Crippen molar-refractivity contribution in [1.82, 2.24) is 0 Å². The van der Waals surface area contributed by atoms with Crippen LogP contribution < -0.4 is 0 Å². The number of ether oxygens (including phenoxy) is 1. The molecular weight excluding hydrogens is 224 g/mol. The largest absolute Gasteiger partial charge is 0.370 e. The molecule has 2 nitrogen and oxygen atoms in total. The van der Waals surface area contributed by atoms with Crippen molar-refractivity contribution in [1.29, 1.82) is 0 Å². The van der Waals surface area contributed by atoms with E-state index in [0.717, 1.165) is 18.4 Å². The van der Waals surface area contributed by atoms with Gasteiger partial charge in [-0.15, -0.1) is 0 Å². The van der Waals surface area contributed by atoms with Crippen LogP contribution in [0.2, 0.25) is 0 Å². The molecule has 18 heavy (non-hydrogen) atoms. The fourth-order valence-electron chi connectivity index (χ4n) is 2.06. The van der Waals surface area contributed by atoms with E-state index in [-0.39, 0.29) is 18.0 Å². The Morgan fingerprint density at radius 1 is 1.33 bits per heavy atom. The highest BCUT2D eigenvalue weighted by Gasteiger charge is 2.26. The van der Waals surface area contributed by atoms with E-state index >= 15 is 0 Å². The Hall–Kier alpha value is -1.67. The molecule has 1 heterocycles. The number of rotatable bonds is 4. The van der Waals surface area contributed by atoms with Crippen LogP contribution in [0.5, 0.6) is 0 Å². The van der Waals surface area contributed by atoms with Gasteiger partial charge in [-0.1, -0.05) is 43.0 Å². The third-order valence-electron chi connectivity index (χ3n) is 3.16. The van der Waals surface area contributed by atoms with Crippen molar-refractivity contribution in [2.24, 2.45) is 0 Å². The fourth-order valence-corrected chi connectivity index (χ4v) is 2.06. The molecule has 0 N–H and O–H groups in total. The predicted molar refractivity (Wildman–Crippen MR) is 73.2 cm³/mol. The summed E-state index contributed by atoms with van der Waals surface area (Å²) in [5.41, 5.74) is 1.57. The standard InChI is InChI=1S/C16H18O2/c1-12-8-11-16(18-12)13(2)15(17)10-9-14-6-4-3-5-7-14/h3-7,9-10,12,16H,2,8,11H2,1H3/b10-9+. The first-order valence-electron chi connectivity index (χ1n) is 6.28. The van der Waals surface area contributed by atoms with Crippen molar-refractivity contribution >= 4 is 11.9 Å². The lowest BCUT2D eigenvalue weighted by Crippen LogP contribution is -2.16. The molecule has 1 aliphatic rings. The zero-order valence-corrected chi connectivity index (χ0v) is 10.6. The third-order valence-corrected chi connectivity index (χ3v) is 3.16. The Labute approximate surface area is 108 Å². The van der Waals surface area contributed by atoms with E-state index in [1.54, 1.807) is 6.08 Å². The first-order chi connectivity index (χ1) is 8.66. The van der Waals surface area contributed by atoms with E-state index in [0.29, 0.717) is 5.57 Å². The normalized spacial score (nSPS) is 23.4. The highest BCUT2D eigenvalue weighted by atomic mass is 16.5. The SMILES string of the molecule is C=C(C(=O)/C=C/c1ccccc1)C1CCC(C)O1. The molecule has 1 saturated heterocycles. The molecule has 1 aromatic rings. The zero-order valence-electron chi connectivity index (χ0n) is 10.6. The quantitative estimate of drug-likeness (QED) is 0.756. The maximum Gasteiger partial charge on any atom is 0.183 e. The predicted octanol–water partition coefficient (Wildman–Crippen LogP) is 3.39. The van der Waals surface area contributed by atoms with Gasteiger partial charge in [-0.25, -0.2) is 0 Å². The molecule has 0 amide bonds. The van der Waals surface area contributed by atoms with E-state index in [9.17, 15) is 4.79 Å². The van der Waals surface area contributed by atoms with Crippen molar-refractivity contribution in [3.8, 4) is 0 Å². The number of benzene rings is 1. The summed E-state index contributed by atoms with van der Waals surface area (Å²) < 4.78 is 5.64. The van der Waals surface area contributed by atoms with Crippen LogP contribution in [-0.2, 0) is 9.53 Å². The Kier molecular flexibility index (Phi) is 4.11. The van der Waals surface area contributed by atoms with Gasteiger partial charge >= 0.3 is 0 Å². The molecule has 2 rings (SSSR count). The molecule has 0 bridgehead atoms. The van der Waals surface area contributed by atoms with Crippen LogP contribution in [-0.4, -0.2) is 18.0 Å². The first kappa shape index (κ1) is 12.8. The molecule has 0 aromatic heterocycles. The molecule has 2 unspecified atom stereocenters. The van der Waals surface area contributed by atoms with Crippen LogP contribution >= 0.6 is 0 Å². The van der Waals surface area contributed by atoms with Crippen LogP contribution in [0.15, 0.2) is 48.6 Å². The van der Waals surface area contributed by atoms with Gasteiger partial charge in [0.15, 0.2) is 5.78 Å². The van der Waals surface area contributed by atoms with Crippen LogP contribution in [0.25, 0.3) is 6.08 Å². The van der Waals surface area contributed by atoms with Crippen LogP contribution in [0.3, 0.4) is 0 Å². The van der Waals surface area contributed by atoms with Crippen molar-refractivity contribution in [2.75, 3.05) is 0 Å². The van der Waals surface area contributed by atoms with Crippen LogP contribution in [0.4, 0.5) is 0 Å². The van der Waals surface area contributed by atoms with Crippen molar-refractivity contribution in [2.45, 2.75) is 32.0 Å². The highest BCUT2D eigenvalue weighted by Crippen LogP contribution is 2.24. The minimum absolute atomic E-state index is 0.0436. The van der Waals surface area contributed by atoms with E-state index in [4.69, 9.17) is 4.74 Å². The summed E-state index contributed by atoms with van der Waals surface area (Å²) in [6.07, 6.45) is 5.41. The fraction of sp³-hybridized carbons (Fsp3) is 0.312. The lowest BCUT2D eigenvalue weighted by atomic mass is 10.0. The first-order valence-corrected chi connectivity index (χ1v) is 6.28. The number of carbonyl (C=O) groups is 1. The van der Waals surface area contributed by atoms with Crippen molar-refractivity contribution < 1.29 is 9.53 Å². The maximum atomic E-state index is 11.9. The van der Waals surface area contributed by atoms with Gasteiger partial charge in [-0.05, 0) is 31.4 Å². The van der Waals surface area contributed by atoms with Crippen molar-refractivity contribution in [3.63, 3.8) is 0 Å². The minimum atomic E-state index is -0.104. The molecule has 1 aliphatic heterocycles. The second-order valence-electron chi connectivity index (χ2n) is 4.65. The summed E-state index contributed by atoms with van der Waals surface area (Å²) in [6, 6.07) is 9.76. The Morgan fingerprint density at radius 2 is 2.06 bits per heavy atom. The monoisotopic (exact) mass is 242 g/mol. The van der Waals surface area contributed by atoms with Gasteiger partial charge in [-0.2, -0.15) is 0 Å². The van der Waals surface area contributed by atoms with Gasteiger partial charge in [0.25, 0.3) is 0 Å². The summed E-state index contributed by atoms with van der Waals surface area (Å²) in [7, 11) is 0. The second kappa shape index (κ2) is 5.78. The summed E-state index contributed by atoms with van der Waals surface area (Å²) in [6.45, 7) is 5.88. The van der Waals surface area contributed by atoms with Gasteiger partial charge in [0.05, 0.1) is 12.2 Å². The Morgan fingerprint density at radius 3 is 2.67 bits per heavy atom. The van der Waals surface area contributed by atoms with E-state index < -0.39 is 0 Å². The van der Waals surface area contributed by atoms with Crippen LogP contribution in [0.1, 0.15) is 25.3 Å². The third kappa shape index (κ3) is 3.17. The van der Waals surface area contributed by atoms with E-state index in [2.05, 4.69) is 6.58 Å².